The number of hydrogen-bond acceptors (Lipinski definition) is 9. The summed E-state index contributed by atoms with van der Waals surface area (Å²) in [7, 11) is 0. The number of nitrogens with zero attached hydrogens (tertiary/aromatic N) is 3. The molecule has 3 heterocycles. The Balaban J connectivity index is 1.43. The van der Waals surface area contributed by atoms with Crippen LogP contribution in [-0.4, -0.2) is 112 Å². The van der Waals surface area contributed by atoms with Crippen LogP contribution in [0, 0.1) is 5.92 Å². The number of H-pyrrole nitrogens is 1. The molecule has 1 aromatic heterocycles. The number of guanidine groups is 1. The lowest BCUT2D eigenvalue weighted by Crippen LogP contribution is -2.64. The predicted molar refractivity (Wildman–Crippen MR) is 226 cm³/mol. The maximum absolute atomic E-state index is 15.0. The highest BCUT2D eigenvalue weighted by molar-refractivity contribution is 6.06. The van der Waals surface area contributed by atoms with Crippen molar-refractivity contribution < 1.29 is 28.8 Å². The second-order valence-corrected chi connectivity index (χ2v) is 16.2. The van der Waals surface area contributed by atoms with Crippen LogP contribution in [0.15, 0.2) is 65.8 Å². The topological polar surface area (TPSA) is 277 Å². The number of benzene rings is 2. The van der Waals surface area contributed by atoms with E-state index in [0.717, 1.165) is 59.0 Å². The Morgan fingerprint density at radius 3 is 2.22 bits per heavy atom. The third kappa shape index (κ3) is 10.7. The molecule has 322 valence electrons. The molecule has 2 aliphatic heterocycles. The fourth-order valence-electron chi connectivity index (χ4n) is 8.82. The molecule has 0 spiro atoms. The molecule has 17 heteroatoms. The van der Waals surface area contributed by atoms with Gasteiger partial charge < -0.3 is 48.8 Å². The molecule has 3 fully saturated rings. The van der Waals surface area contributed by atoms with Crippen LogP contribution in [0.3, 0.4) is 0 Å². The van der Waals surface area contributed by atoms with E-state index < -0.39 is 78.2 Å². The van der Waals surface area contributed by atoms with E-state index in [9.17, 15) is 24.0 Å². The molecule has 60 heavy (non-hydrogen) atoms. The van der Waals surface area contributed by atoms with Crippen LogP contribution in [0.4, 0.5) is 0 Å². The molecule has 17 nitrogen and oxygen atoms in total. The van der Waals surface area contributed by atoms with Gasteiger partial charge in [0.25, 0.3) is 5.91 Å². The Bertz CT molecular complexity index is 2030. The molecule has 6 amide bonds. The number of nitrogens with two attached hydrogens (primary N) is 4. The highest BCUT2D eigenvalue weighted by Gasteiger charge is 2.46. The molecule has 1 saturated carbocycles. The number of aliphatic imine (C=N–C) groups is 1. The van der Waals surface area contributed by atoms with Gasteiger partial charge in [0.2, 0.25) is 29.5 Å². The van der Waals surface area contributed by atoms with Crippen molar-refractivity contribution in [1.29, 1.82) is 0 Å². The SMILES string of the molecule is NC[C@H]1C(=O)N2CCC[C@H]2C(=O)N[C@H](CC2CCCCC2)C(=O)N[C@@H](Cc2c[nH]c3ccccc23)C(=O)N[C@@H](CCCN=C(N)N)C(=O)N1C(=O)[C@H](N)Cc1ccccc1. The van der Waals surface area contributed by atoms with Gasteiger partial charge in [0.05, 0.1) is 6.04 Å². The predicted octanol–water partition coefficient (Wildman–Crippen LogP) is 0.446. The fraction of sp³-hybridized carbons (Fsp3) is 0.512. The van der Waals surface area contributed by atoms with E-state index in [2.05, 4.69) is 25.9 Å². The minimum absolute atomic E-state index is 0.0193. The van der Waals surface area contributed by atoms with Gasteiger partial charge in [-0.2, -0.15) is 0 Å². The van der Waals surface area contributed by atoms with E-state index in [1.54, 1.807) is 30.5 Å². The van der Waals surface area contributed by atoms with Crippen molar-refractivity contribution in [2.24, 2.45) is 33.8 Å². The van der Waals surface area contributed by atoms with Crippen LogP contribution in [0.25, 0.3) is 10.9 Å². The summed E-state index contributed by atoms with van der Waals surface area (Å²) in [6.45, 7) is -0.240. The maximum Gasteiger partial charge on any atom is 0.252 e. The standard InChI is InChI=1S/C43H59N11O6/c44-24-36-42(60)53-20-10-18-35(53)39(57)52-33(22-27-13-5-2-6-14-27)37(55)51-34(23-28-25-49-31-16-8-7-15-29(28)31)38(56)50-32(17-9-19-48-43(46)47)41(59)54(36)40(58)30(45)21-26-11-3-1-4-12-26/h1,3-4,7-8,11-12,15-16,25,27,30,32-36,49H,2,5-6,9-10,13-14,17-24,44-45H2,(H,50,56)(H,51,55)(H,52,57)(H4,46,47,48)/t30-,32+,33-,34+,35+,36+/m1/s1. The Morgan fingerprint density at radius 1 is 0.800 bits per heavy atom. The zero-order valence-electron chi connectivity index (χ0n) is 34.0. The second-order valence-electron chi connectivity index (χ2n) is 16.2. The van der Waals surface area contributed by atoms with E-state index in [-0.39, 0.29) is 50.7 Å². The van der Waals surface area contributed by atoms with Gasteiger partial charge in [-0.25, -0.2) is 0 Å². The molecule has 6 rings (SSSR count). The first-order valence-electron chi connectivity index (χ1n) is 21.1. The monoisotopic (exact) mass is 825 g/mol. The highest BCUT2D eigenvalue weighted by atomic mass is 16.2. The van der Waals surface area contributed by atoms with Gasteiger partial charge in [0, 0.05) is 43.2 Å². The molecule has 0 unspecified atom stereocenters. The van der Waals surface area contributed by atoms with Crippen molar-refractivity contribution in [3.63, 3.8) is 0 Å². The number of amides is 6. The maximum atomic E-state index is 15.0. The van der Waals surface area contributed by atoms with Crippen LogP contribution >= 0.6 is 0 Å². The molecule has 0 bridgehead atoms. The van der Waals surface area contributed by atoms with E-state index in [1.165, 1.54) is 4.90 Å². The number of imide groups is 1. The lowest BCUT2D eigenvalue weighted by Gasteiger charge is -2.36. The first-order valence-corrected chi connectivity index (χ1v) is 21.1. The summed E-state index contributed by atoms with van der Waals surface area (Å²) in [5.41, 5.74) is 26.3. The summed E-state index contributed by atoms with van der Waals surface area (Å²) in [4.78, 5) is 97.0. The molecule has 3 aromatic rings. The van der Waals surface area contributed by atoms with Crippen molar-refractivity contribution in [1.82, 2.24) is 30.7 Å². The normalized spacial score (nSPS) is 24.2. The van der Waals surface area contributed by atoms with E-state index in [4.69, 9.17) is 22.9 Å². The van der Waals surface area contributed by atoms with Gasteiger partial charge >= 0.3 is 0 Å². The first-order chi connectivity index (χ1) is 28.9. The molecular formula is C43H59N11O6. The van der Waals surface area contributed by atoms with Crippen LogP contribution in [0.5, 0.6) is 0 Å². The molecule has 2 saturated heterocycles. The largest absolute Gasteiger partial charge is 0.370 e. The molecule has 0 radical (unpaired) electrons. The highest BCUT2D eigenvalue weighted by Crippen LogP contribution is 2.29. The van der Waals surface area contributed by atoms with Gasteiger partial charge in [-0.3, -0.25) is 38.7 Å². The van der Waals surface area contributed by atoms with Gasteiger partial charge in [0.15, 0.2) is 5.96 Å². The average molecular weight is 826 g/mol. The molecule has 3 aliphatic rings. The second kappa shape index (κ2) is 20.4. The third-order valence-corrected chi connectivity index (χ3v) is 12.0. The quantitative estimate of drug-likeness (QED) is 0.0709. The Kier molecular flexibility index (Phi) is 14.9. The van der Waals surface area contributed by atoms with Crippen LogP contribution in [0.2, 0.25) is 0 Å². The number of fused-ring (bicyclic) bond motifs is 2. The Hall–Kier alpha value is -5.81. The van der Waals surface area contributed by atoms with Crippen LogP contribution in [-0.2, 0) is 41.6 Å². The van der Waals surface area contributed by atoms with Crippen molar-refractivity contribution in [3.8, 4) is 0 Å². The molecule has 12 N–H and O–H groups in total. The third-order valence-electron chi connectivity index (χ3n) is 12.0. The zero-order chi connectivity index (χ0) is 42.8. The number of carbonyl (C=O) groups excluding carboxylic acids is 6. The van der Waals surface area contributed by atoms with Crippen molar-refractivity contribution in [2.45, 2.75) is 113 Å². The molecule has 2 aromatic carbocycles. The number of nitrogens with one attached hydrogen (secondary N) is 4. The fourth-order valence-corrected chi connectivity index (χ4v) is 8.82. The minimum Gasteiger partial charge on any atom is -0.370 e. The lowest BCUT2D eigenvalue weighted by atomic mass is 9.84. The summed E-state index contributed by atoms with van der Waals surface area (Å²) in [5.74, 6) is -4.34. The minimum atomic E-state index is -1.57. The molecule has 6 atom stereocenters. The Labute approximate surface area is 349 Å². The molecule has 1 aliphatic carbocycles. The smallest absolute Gasteiger partial charge is 0.252 e. The summed E-state index contributed by atoms with van der Waals surface area (Å²) in [5, 5.41) is 9.56. The lowest BCUT2D eigenvalue weighted by molar-refractivity contribution is -0.158. The number of para-hydroxylation sites is 1. The number of rotatable bonds is 12. The summed E-state index contributed by atoms with van der Waals surface area (Å²) in [6, 6.07) is 8.99. The number of hydrogen-bond donors (Lipinski definition) is 8. The van der Waals surface area contributed by atoms with E-state index in [0.29, 0.717) is 19.3 Å². The van der Waals surface area contributed by atoms with Crippen LogP contribution < -0.4 is 38.9 Å². The van der Waals surface area contributed by atoms with Crippen molar-refractivity contribution in [2.75, 3.05) is 19.6 Å². The first kappa shape index (κ1) is 43.8. The molecular weight excluding hydrogens is 767 g/mol. The van der Waals surface area contributed by atoms with E-state index in [1.807, 2.05) is 30.3 Å². The number of aromatic nitrogens is 1. The van der Waals surface area contributed by atoms with E-state index >= 15 is 4.79 Å². The summed E-state index contributed by atoms with van der Waals surface area (Å²) >= 11 is 0. The summed E-state index contributed by atoms with van der Waals surface area (Å²) < 4.78 is 0. The number of aromatic amines is 1. The average Bonchev–Trinajstić information content (AvgIpc) is 3.91. The van der Waals surface area contributed by atoms with Crippen LogP contribution in [0.1, 0.15) is 75.3 Å². The van der Waals surface area contributed by atoms with Gasteiger partial charge in [0.1, 0.15) is 30.2 Å². The van der Waals surface area contributed by atoms with Crippen molar-refractivity contribution >= 4 is 52.3 Å². The van der Waals surface area contributed by atoms with Gasteiger partial charge in [-0.15, -0.1) is 0 Å². The Morgan fingerprint density at radius 2 is 1.48 bits per heavy atom. The number of carbonyl (C=O) groups is 6. The van der Waals surface area contributed by atoms with Crippen molar-refractivity contribution in [3.05, 3.63) is 71.9 Å². The zero-order valence-corrected chi connectivity index (χ0v) is 34.0. The summed E-state index contributed by atoms with van der Waals surface area (Å²) in [6.07, 6.45) is 7.94. The van der Waals surface area contributed by atoms with Gasteiger partial charge in [-0.1, -0.05) is 80.6 Å². The van der Waals surface area contributed by atoms with Gasteiger partial charge in [-0.05, 0) is 61.6 Å².